The number of rotatable bonds is 4. The summed E-state index contributed by atoms with van der Waals surface area (Å²) in [4.78, 5) is 21.8. The summed E-state index contributed by atoms with van der Waals surface area (Å²) in [5.74, 6) is -1.72. The molecule has 7 heteroatoms. The fourth-order valence-corrected chi connectivity index (χ4v) is 0.792. The van der Waals surface area contributed by atoms with Gasteiger partial charge in [-0.05, 0) is 12.1 Å². The highest BCUT2D eigenvalue weighted by atomic mass is 16.5. The molecule has 0 bridgehead atoms. The van der Waals surface area contributed by atoms with Crippen molar-refractivity contribution in [3.63, 3.8) is 0 Å². The van der Waals surface area contributed by atoms with Crippen LogP contribution in [-0.4, -0.2) is 35.3 Å². The molecular formula is C8H10N2O5. The van der Waals surface area contributed by atoms with Gasteiger partial charge >= 0.3 is 5.97 Å². The van der Waals surface area contributed by atoms with Crippen molar-refractivity contribution < 1.29 is 24.0 Å². The number of carboxylic acid groups (broad SMARTS) is 1. The Labute approximate surface area is 85.0 Å². The van der Waals surface area contributed by atoms with Gasteiger partial charge < -0.3 is 19.7 Å². The van der Waals surface area contributed by atoms with E-state index in [0.717, 1.165) is 0 Å². The van der Waals surface area contributed by atoms with E-state index in [2.05, 4.69) is 15.0 Å². The summed E-state index contributed by atoms with van der Waals surface area (Å²) in [6.07, 6.45) is 0. The largest absolute Gasteiger partial charge is 0.480 e. The average molecular weight is 214 g/mol. The Morgan fingerprint density at radius 3 is 2.80 bits per heavy atom. The second-order valence-electron chi connectivity index (χ2n) is 2.77. The maximum atomic E-state index is 11.3. The van der Waals surface area contributed by atoms with Crippen molar-refractivity contribution in [3.05, 3.63) is 11.8 Å². The zero-order chi connectivity index (χ0) is 11.4. The number of aliphatic carboxylic acids is 1. The third-order valence-electron chi connectivity index (χ3n) is 1.64. The molecule has 0 aliphatic heterocycles. The van der Waals surface area contributed by atoms with E-state index in [4.69, 9.17) is 9.84 Å². The van der Waals surface area contributed by atoms with E-state index in [1.807, 2.05) is 0 Å². The number of hydrogen-bond acceptors (Lipinski definition) is 5. The van der Waals surface area contributed by atoms with Gasteiger partial charge in [0.2, 0.25) is 5.76 Å². The molecule has 1 rings (SSSR count). The molecule has 1 aromatic heterocycles. The maximum absolute atomic E-state index is 11.3. The van der Waals surface area contributed by atoms with Crippen molar-refractivity contribution in [3.8, 4) is 5.88 Å². The first-order valence-electron chi connectivity index (χ1n) is 4.09. The lowest BCUT2D eigenvalue weighted by Crippen LogP contribution is -2.38. The van der Waals surface area contributed by atoms with Gasteiger partial charge in [0.1, 0.15) is 6.04 Å². The summed E-state index contributed by atoms with van der Waals surface area (Å²) in [7, 11) is 1.37. The van der Waals surface area contributed by atoms with Crippen molar-refractivity contribution >= 4 is 11.9 Å². The molecule has 0 aromatic carbocycles. The van der Waals surface area contributed by atoms with E-state index < -0.39 is 17.9 Å². The maximum Gasteiger partial charge on any atom is 0.325 e. The molecule has 15 heavy (non-hydrogen) atoms. The molecule has 0 spiro atoms. The molecule has 82 valence electrons. The van der Waals surface area contributed by atoms with Crippen LogP contribution in [0.1, 0.15) is 17.5 Å². The second kappa shape index (κ2) is 4.45. The van der Waals surface area contributed by atoms with Crippen molar-refractivity contribution in [1.29, 1.82) is 0 Å². The fourth-order valence-electron chi connectivity index (χ4n) is 0.792. The Kier molecular flexibility index (Phi) is 3.27. The topological polar surface area (TPSA) is 102 Å². The molecule has 7 nitrogen and oxygen atoms in total. The molecule has 0 aliphatic carbocycles. The van der Waals surface area contributed by atoms with Crippen LogP contribution in [0, 0.1) is 0 Å². The average Bonchev–Trinajstić information content (AvgIpc) is 2.65. The van der Waals surface area contributed by atoms with Crippen LogP contribution >= 0.6 is 0 Å². The van der Waals surface area contributed by atoms with E-state index in [1.54, 1.807) is 0 Å². The van der Waals surface area contributed by atoms with Crippen molar-refractivity contribution in [2.45, 2.75) is 13.0 Å². The lowest BCUT2D eigenvalue weighted by atomic mass is 10.3. The lowest BCUT2D eigenvalue weighted by molar-refractivity contribution is -0.138. The summed E-state index contributed by atoms with van der Waals surface area (Å²) < 4.78 is 9.31. The van der Waals surface area contributed by atoms with Gasteiger partial charge in [0, 0.05) is 0 Å². The molecule has 0 fully saturated rings. The van der Waals surface area contributed by atoms with Gasteiger partial charge in [-0.3, -0.25) is 9.59 Å². The Bertz CT molecular complexity index is 373. The number of aromatic nitrogens is 1. The minimum atomic E-state index is -1.13. The van der Waals surface area contributed by atoms with Gasteiger partial charge in [-0.1, -0.05) is 0 Å². The molecule has 1 atom stereocenters. The highest BCUT2D eigenvalue weighted by Crippen LogP contribution is 2.10. The Balaban J connectivity index is 2.65. The molecule has 0 saturated heterocycles. The van der Waals surface area contributed by atoms with Crippen molar-refractivity contribution in [2.24, 2.45) is 0 Å². The third-order valence-corrected chi connectivity index (χ3v) is 1.64. The minimum absolute atomic E-state index is 0.0973. The number of carboxylic acids is 1. The van der Waals surface area contributed by atoms with Crippen LogP contribution in [0.25, 0.3) is 0 Å². The van der Waals surface area contributed by atoms with E-state index in [0.29, 0.717) is 0 Å². The number of nitrogens with one attached hydrogen (secondary N) is 1. The van der Waals surface area contributed by atoms with E-state index >= 15 is 0 Å². The Hall–Kier alpha value is -2.05. The first-order valence-corrected chi connectivity index (χ1v) is 4.09. The molecule has 0 saturated carbocycles. The summed E-state index contributed by atoms with van der Waals surface area (Å²) >= 11 is 0. The van der Waals surface area contributed by atoms with Crippen LogP contribution in [0.2, 0.25) is 0 Å². The number of amides is 1. The first kappa shape index (κ1) is 11.0. The SMILES string of the molecule is COc1cc(C(=O)N[C@H](C)C(=O)O)on1. The second-order valence-corrected chi connectivity index (χ2v) is 2.77. The quantitative estimate of drug-likeness (QED) is 0.724. The first-order chi connectivity index (χ1) is 7.04. The number of methoxy groups -OCH3 is 1. The molecule has 0 aliphatic rings. The molecule has 2 N–H and O–H groups in total. The summed E-state index contributed by atoms with van der Waals surface area (Å²) in [6, 6.07) is 0.276. The van der Waals surface area contributed by atoms with Crippen LogP contribution in [0.4, 0.5) is 0 Å². The zero-order valence-corrected chi connectivity index (χ0v) is 8.18. The minimum Gasteiger partial charge on any atom is -0.480 e. The standard InChI is InChI=1S/C8H10N2O5/c1-4(8(12)13)9-7(11)5-3-6(14-2)10-15-5/h3-4H,1-2H3,(H,9,11)(H,12,13)/t4-/m1/s1. The highest BCUT2D eigenvalue weighted by molar-refractivity contribution is 5.94. The lowest BCUT2D eigenvalue weighted by Gasteiger charge is -2.05. The van der Waals surface area contributed by atoms with Gasteiger partial charge in [0.05, 0.1) is 13.2 Å². The molecule has 0 unspecified atom stereocenters. The highest BCUT2D eigenvalue weighted by Gasteiger charge is 2.18. The summed E-state index contributed by atoms with van der Waals surface area (Å²) in [5.41, 5.74) is 0. The normalized spacial score (nSPS) is 11.9. The Morgan fingerprint density at radius 1 is 1.67 bits per heavy atom. The van der Waals surface area contributed by atoms with Crippen LogP contribution in [0.3, 0.4) is 0 Å². The smallest absolute Gasteiger partial charge is 0.325 e. The Morgan fingerprint density at radius 2 is 2.33 bits per heavy atom. The number of nitrogens with zero attached hydrogens (tertiary/aromatic N) is 1. The fraction of sp³-hybridized carbons (Fsp3) is 0.375. The molecular weight excluding hydrogens is 204 g/mol. The molecule has 1 aromatic rings. The van der Waals surface area contributed by atoms with Gasteiger partial charge in [-0.25, -0.2) is 0 Å². The van der Waals surface area contributed by atoms with Crippen LogP contribution < -0.4 is 10.1 Å². The van der Waals surface area contributed by atoms with Crippen molar-refractivity contribution in [2.75, 3.05) is 7.11 Å². The van der Waals surface area contributed by atoms with Gasteiger partial charge in [0.25, 0.3) is 11.8 Å². The number of ether oxygens (including phenoxy) is 1. The monoisotopic (exact) mass is 214 g/mol. The van der Waals surface area contributed by atoms with Crippen LogP contribution in [0.5, 0.6) is 5.88 Å². The van der Waals surface area contributed by atoms with Crippen molar-refractivity contribution in [1.82, 2.24) is 10.5 Å². The van der Waals surface area contributed by atoms with Gasteiger partial charge in [-0.2, -0.15) is 0 Å². The van der Waals surface area contributed by atoms with Crippen LogP contribution in [0.15, 0.2) is 10.6 Å². The van der Waals surface area contributed by atoms with E-state index in [9.17, 15) is 9.59 Å². The predicted molar refractivity (Wildman–Crippen MR) is 47.6 cm³/mol. The number of carbonyl (C=O) groups is 2. The summed E-state index contributed by atoms with van der Waals surface area (Å²) in [6.45, 7) is 1.34. The van der Waals surface area contributed by atoms with E-state index in [-0.39, 0.29) is 11.6 Å². The van der Waals surface area contributed by atoms with Gasteiger partial charge in [0.15, 0.2) is 0 Å². The molecule has 1 amide bonds. The number of carbonyl (C=O) groups excluding carboxylic acids is 1. The van der Waals surface area contributed by atoms with Crippen LogP contribution in [-0.2, 0) is 4.79 Å². The summed E-state index contributed by atoms with van der Waals surface area (Å²) in [5, 5.41) is 14.2. The zero-order valence-electron chi connectivity index (χ0n) is 8.18. The predicted octanol–water partition coefficient (Wildman–Crippen LogP) is -0.114. The molecule has 0 radical (unpaired) electrons. The number of hydrogen-bond donors (Lipinski definition) is 2. The van der Waals surface area contributed by atoms with Gasteiger partial charge in [-0.15, -0.1) is 0 Å². The van der Waals surface area contributed by atoms with E-state index in [1.165, 1.54) is 20.1 Å². The third kappa shape index (κ3) is 2.70. The molecule has 1 heterocycles.